The van der Waals surface area contributed by atoms with Gasteiger partial charge < -0.3 is 10.1 Å². The molecule has 0 saturated carbocycles. The van der Waals surface area contributed by atoms with Gasteiger partial charge in [0.2, 0.25) is 11.8 Å². The molecular weight excluding hydrogens is 283 g/mol. The van der Waals surface area contributed by atoms with E-state index in [1.54, 1.807) is 6.92 Å². The fourth-order valence-electron chi connectivity index (χ4n) is 1.73. The van der Waals surface area contributed by atoms with Crippen LogP contribution in [0, 0.1) is 6.92 Å². The van der Waals surface area contributed by atoms with Crippen LogP contribution in [-0.4, -0.2) is 16.5 Å². The van der Waals surface area contributed by atoms with E-state index in [0.29, 0.717) is 18.2 Å². The molecule has 0 aliphatic rings. The lowest BCUT2D eigenvalue weighted by atomic mass is 10.2. The molecule has 0 aliphatic carbocycles. The van der Waals surface area contributed by atoms with Gasteiger partial charge in [0, 0.05) is 18.3 Å². The number of hydrogen-bond donors (Lipinski definition) is 1. The summed E-state index contributed by atoms with van der Waals surface area (Å²) in [5, 5.41) is 2.89. The number of nitrogens with zero attached hydrogens (tertiary/aromatic N) is 2. The molecule has 2 aromatic rings. The summed E-state index contributed by atoms with van der Waals surface area (Å²) >= 11 is 0. The number of nitrogens with one attached hydrogen (secondary N) is 1. The van der Waals surface area contributed by atoms with Crippen LogP contribution in [0.5, 0.6) is 11.6 Å². The first kappa shape index (κ1) is 15.1. The molecule has 0 spiro atoms. The van der Waals surface area contributed by atoms with Gasteiger partial charge in [0.1, 0.15) is 5.75 Å². The maximum Gasteiger partial charge on any atom is 0.419 e. The van der Waals surface area contributed by atoms with E-state index in [0.717, 1.165) is 6.07 Å². The van der Waals surface area contributed by atoms with E-state index in [9.17, 15) is 13.2 Å². The second-order valence-corrected chi connectivity index (χ2v) is 4.30. The minimum atomic E-state index is -4.48. The molecule has 1 N–H and O–H groups in total. The van der Waals surface area contributed by atoms with E-state index in [2.05, 4.69) is 15.3 Å². The van der Waals surface area contributed by atoms with Crippen molar-refractivity contribution in [1.82, 2.24) is 9.97 Å². The molecule has 0 aliphatic heterocycles. The zero-order valence-electron chi connectivity index (χ0n) is 11.5. The maximum absolute atomic E-state index is 12.9. The third kappa shape index (κ3) is 3.84. The lowest BCUT2D eigenvalue weighted by Crippen LogP contribution is -2.08. The first-order chi connectivity index (χ1) is 9.90. The summed E-state index contributed by atoms with van der Waals surface area (Å²) in [7, 11) is 0. The Labute approximate surface area is 120 Å². The first-order valence-electron chi connectivity index (χ1n) is 6.33. The number of anilines is 1. The minimum Gasteiger partial charge on any atom is -0.438 e. The van der Waals surface area contributed by atoms with Crippen LogP contribution in [0.2, 0.25) is 0 Å². The SMILES string of the molecule is CCNc1nc(C)cc(Oc2ccccc2C(F)(F)F)n1. The summed E-state index contributed by atoms with van der Waals surface area (Å²) in [5.41, 5.74) is -0.244. The molecule has 0 fully saturated rings. The van der Waals surface area contributed by atoms with Crippen molar-refractivity contribution in [3.8, 4) is 11.6 Å². The van der Waals surface area contributed by atoms with Crippen LogP contribution in [0.4, 0.5) is 19.1 Å². The predicted octanol–water partition coefficient (Wildman–Crippen LogP) is 4.03. The van der Waals surface area contributed by atoms with Gasteiger partial charge in [0.25, 0.3) is 0 Å². The van der Waals surface area contributed by atoms with E-state index >= 15 is 0 Å². The molecule has 7 heteroatoms. The lowest BCUT2D eigenvalue weighted by Gasteiger charge is -2.13. The quantitative estimate of drug-likeness (QED) is 0.925. The van der Waals surface area contributed by atoms with Gasteiger partial charge in [-0.05, 0) is 26.0 Å². The van der Waals surface area contributed by atoms with E-state index in [1.165, 1.54) is 24.3 Å². The van der Waals surface area contributed by atoms with Crippen LogP contribution in [0.25, 0.3) is 0 Å². The molecule has 2 rings (SSSR count). The number of aryl methyl sites for hydroxylation is 1. The Hall–Kier alpha value is -2.31. The molecule has 0 bridgehead atoms. The van der Waals surface area contributed by atoms with Crippen molar-refractivity contribution >= 4 is 5.95 Å². The average Bonchev–Trinajstić information content (AvgIpc) is 2.37. The molecule has 0 saturated heterocycles. The lowest BCUT2D eigenvalue weighted by molar-refractivity contribution is -0.138. The third-order valence-electron chi connectivity index (χ3n) is 2.57. The molecule has 0 amide bonds. The van der Waals surface area contributed by atoms with Crippen molar-refractivity contribution in [2.24, 2.45) is 0 Å². The zero-order valence-corrected chi connectivity index (χ0v) is 11.5. The summed E-state index contributed by atoms with van der Waals surface area (Å²) in [5.74, 6) is 0.0951. The van der Waals surface area contributed by atoms with Gasteiger partial charge in [0.05, 0.1) is 5.56 Å². The van der Waals surface area contributed by atoms with Crippen LogP contribution in [0.15, 0.2) is 30.3 Å². The minimum absolute atomic E-state index is 0.0650. The molecule has 112 valence electrons. The van der Waals surface area contributed by atoms with Gasteiger partial charge in [-0.25, -0.2) is 4.98 Å². The van der Waals surface area contributed by atoms with E-state index < -0.39 is 11.7 Å². The van der Waals surface area contributed by atoms with Gasteiger partial charge in [0.15, 0.2) is 0 Å². The normalized spacial score (nSPS) is 11.3. The van der Waals surface area contributed by atoms with Crippen LogP contribution >= 0.6 is 0 Å². The van der Waals surface area contributed by atoms with Gasteiger partial charge in [-0.1, -0.05) is 12.1 Å². The highest BCUT2D eigenvalue weighted by atomic mass is 19.4. The standard InChI is InChI=1S/C14H14F3N3O/c1-3-18-13-19-9(2)8-12(20-13)21-11-7-5-4-6-10(11)14(15,16)17/h4-8H,3H2,1-2H3,(H,18,19,20). The molecule has 1 aromatic heterocycles. The summed E-state index contributed by atoms with van der Waals surface area (Å²) in [6, 6.07) is 6.49. The van der Waals surface area contributed by atoms with Crippen molar-refractivity contribution in [1.29, 1.82) is 0 Å². The average molecular weight is 297 g/mol. The van der Waals surface area contributed by atoms with E-state index in [1.807, 2.05) is 6.92 Å². The van der Waals surface area contributed by atoms with Crippen LogP contribution in [0.1, 0.15) is 18.2 Å². The Morgan fingerprint density at radius 1 is 1.19 bits per heavy atom. The molecule has 0 atom stereocenters. The number of aromatic nitrogens is 2. The summed E-state index contributed by atoms with van der Waals surface area (Å²) in [6.07, 6.45) is -4.48. The van der Waals surface area contributed by atoms with E-state index in [-0.39, 0.29) is 11.6 Å². The summed E-state index contributed by atoms with van der Waals surface area (Å²) in [6.45, 7) is 4.18. The number of hydrogen-bond acceptors (Lipinski definition) is 4. The van der Waals surface area contributed by atoms with Gasteiger partial charge in [-0.2, -0.15) is 18.2 Å². The van der Waals surface area contributed by atoms with Crippen molar-refractivity contribution in [2.75, 3.05) is 11.9 Å². The number of para-hydroxylation sites is 1. The highest BCUT2D eigenvalue weighted by Gasteiger charge is 2.34. The highest BCUT2D eigenvalue weighted by Crippen LogP contribution is 2.37. The largest absolute Gasteiger partial charge is 0.438 e. The summed E-state index contributed by atoms with van der Waals surface area (Å²) in [4.78, 5) is 8.14. The topological polar surface area (TPSA) is 47.0 Å². The second kappa shape index (κ2) is 5.99. The van der Waals surface area contributed by atoms with Gasteiger partial charge in [-0.15, -0.1) is 0 Å². The van der Waals surface area contributed by atoms with Crippen LogP contribution < -0.4 is 10.1 Å². The number of alkyl halides is 3. The number of benzene rings is 1. The van der Waals surface area contributed by atoms with Gasteiger partial charge in [-0.3, -0.25) is 0 Å². The predicted molar refractivity (Wildman–Crippen MR) is 72.5 cm³/mol. The van der Waals surface area contributed by atoms with Crippen molar-refractivity contribution < 1.29 is 17.9 Å². The fourth-order valence-corrected chi connectivity index (χ4v) is 1.73. The Bertz CT molecular complexity index is 629. The molecule has 1 heterocycles. The number of ether oxygens (including phenoxy) is 1. The van der Waals surface area contributed by atoms with Gasteiger partial charge >= 0.3 is 6.18 Å². The Balaban J connectivity index is 2.35. The zero-order chi connectivity index (χ0) is 15.5. The van der Waals surface area contributed by atoms with Crippen molar-refractivity contribution in [2.45, 2.75) is 20.0 Å². The monoisotopic (exact) mass is 297 g/mol. The molecule has 4 nitrogen and oxygen atoms in total. The molecule has 21 heavy (non-hydrogen) atoms. The molecular formula is C14H14F3N3O. The summed E-state index contributed by atoms with van der Waals surface area (Å²) < 4.78 is 44.0. The number of rotatable bonds is 4. The Morgan fingerprint density at radius 3 is 2.57 bits per heavy atom. The Kier molecular flexibility index (Phi) is 4.30. The smallest absolute Gasteiger partial charge is 0.419 e. The van der Waals surface area contributed by atoms with Crippen LogP contribution in [-0.2, 0) is 6.18 Å². The van der Waals surface area contributed by atoms with Crippen LogP contribution in [0.3, 0.4) is 0 Å². The fraction of sp³-hybridized carbons (Fsp3) is 0.286. The van der Waals surface area contributed by atoms with Crippen molar-refractivity contribution in [3.63, 3.8) is 0 Å². The Morgan fingerprint density at radius 2 is 1.90 bits per heavy atom. The maximum atomic E-state index is 12.9. The number of halogens is 3. The highest BCUT2D eigenvalue weighted by molar-refractivity contribution is 5.39. The van der Waals surface area contributed by atoms with E-state index in [4.69, 9.17) is 4.74 Å². The molecule has 0 radical (unpaired) electrons. The third-order valence-corrected chi connectivity index (χ3v) is 2.57. The molecule has 0 unspecified atom stereocenters. The second-order valence-electron chi connectivity index (χ2n) is 4.30. The molecule has 1 aromatic carbocycles. The first-order valence-corrected chi connectivity index (χ1v) is 6.33. The van der Waals surface area contributed by atoms with Crippen molar-refractivity contribution in [3.05, 3.63) is 41.6 Å².